The Morgan fingerprint density at radius 3 is 2.35 bits per heavy atom. The molecule has 0 radical (unpaired) electrons. The van der Waals surface area contributed by atoms with Crippen LogP contribution in [-0.2, 0) is 6.54 Å². The summed E-state index contributed by atoms with van der Waals surface area (Å²) in [7, 11) is 0. The number of benzene rings is 2. The van der Waals surface area contributed by atoms with Crippen molar-refractivity contribution in [2.75, 3.05) is 13.1 Å². The van der Waals surface area contributed by atoms with E-state index in [4.69, 9.17) is 21.4 Å². The minimum atomic E-state index is -0.358. The van der Waals surface area contributed by atoms with Gasteiger partial charge in [-0.2, -0.15) is 5.10 Å². The monoisotopic (exact) mass is 441 g/mol. The largest absolute Gasteiger partial charge is 0.439 e. The zero-order valence-electron chi connectivity index (χ0n) is 18.8. The lowest BCUT2D eigenvalue weighted by Gasteiger charge is -2.26. The number of aryl methyl sites for hydroxylation is 1. The van der Waals surface area contributed by atoms with Crippen LogP contribution in [0.1, 0.15) is 38.4 Å². The molecule has 0 aliphatic heterocycles. The van der Waals surface area contributed by atoms with Gasteiger partial charge >= 0.3 is 0 Å². The van der Waals surface area contributed by atoms with E-state index in [1.807, 2.05) is 73.1 Å². The molecule has 1 N–H and O–H groups in total. The van der Waals surface area contributed by atoms with Crippen LogP contribution in [0.3, 0.4) is 0 Å². The fourth-order valence-electron chi connectivity index (χ4n) is 3.55. The van der Waals surface area contributed by atoms with Crippen molar-refractivity contribution in [2.24, 2.45) is 5.92 Å². The first-order valence-corrected chi connectivity index (χ1v) is 11.2. The molecule has 3 aromatic rings. The highest BCUT2D eigenvalue weighted by Gasteiger charge is 2.22. The van der Waals surface area contributed by atoms with Crippen LogP contribution in [0.25, 0.3) is 5.69 Å². The van der Waals surface area contributed by atoms with Gasteiger partial charge in [-0.15, -0.1) is 0 Å². The number of aliphatic hydroxyl groups excluding tert-OH is 1. The van der Waals surface area contributed by atoms with E-state index in [-0.39, 0.29) is 6.10 Å². The highest BCUT2D eigenvalue weighted by atomic mass is 35.5. The summed E-state index contributed by atoms with van der Waals surface area (Å²) < 4.78 is 8.21. The van der Waals surface area contributed by atoms with Gasteiger partial charge in [0.2, 0.25) is 5.88 Å². The fourth-order valence-corrected chi connectivity index (χ4v) is 3.68. The predicted molar refractivity (Wildman–Crippen MR) is 126 cm³/mol. The maximum atomic E-state index is 10.3. The van der Waals surface area contributed by atoms with Crippen LogP contribution in [-0.4, -0.2) is 39.0 Å². The summed E-state index contributed by atoms with van der Waals surface area (Å²) in [6.07, 6.45) is 0.370. The smallest absolute Gasteiger partial charge is 0.227 e. The molecule has 3 rings (SSSR count). The van der Waals surface area contributed by atoms with Gasteiger partial charge in [-0.1, -0.05) is 50.6 Å². The first-order valence-electron chi connectivity index (χ1n) is 10.8. The number of hydrogen-bond donors (Lipinski definition) is 1. The second kappa shape index (κ2) is 10.8. The van der Waals surface area contributed by atoms with Crippen LogP contribution >= 0.6 is 11.6 Å². The Labute approximate surface area is 190 Å². The molecule has 166 valence electrons. The van der Waals surface area contributed by atoms with Gasteiger partial charge < -0.3 is 9.84 Å². The summed E-state index contributed by atoms with van der Waals surface area (Å²) in [5.41, 5.74) is 2.86. The maximum absolute atomic E-state index is 10.3. The van der Waals surface area contributed by atoms with Crippen molar-refractivity contribution in [1.29, 1.82) is 0 Å². The summed E-state index contributed by atoms with van der Waals surface area (Å²) in [5, 5.41) is 15.8. The molecular formula is C25H32ClN3O2. The Balaban J connectivity index is 2.01. The van der Waals surface area contributed by atoms with Crippen molar-refractivity contribution < 1.29 is 9.84 Å². The number of aromatic nitrogens is 2. The molecule has 1 unspecified atom stereocenters. The Morgan fingerprint density at radius 2 is 1.74 bits per heavy atom. The zero-order valence-corrected chi connectivity index (χ0v) is 19.5. The van der Waals surface area contributed by atoms with E-state index in [1.165, 1.54) is 0 Å². The molecule has 0 bridgehead atoms. The molecule has 5 nitrogen and oxygen atoms in total. The lowest BCUT2D eigenvalue weighted by Crippen LogP contribution is -2.34. The summed E-state index contributed by atoms with van der Waals surface area (Å²) in [6.45, 7) is 10.5. The summed E-state index contributed by atoms with van der Waals surface area (Å²) in [5.74, 6) is 1.87. The van der Waals surface area contributed by atoms with E-state index in [1.54, 1.807) is 0 Å². The van der Waals surface area contributed by atoms with Gasteiger partial charge in [0.15, 0.2) is 0 Å². The van der Waals surface area contributed by atoms with Gasteiger partial charge in [0.25, 0.3) is 0 Å². The molecule has 1 aromatic heterocycles. The van der Waals surface area contributed by atoms with Gasteiger partial charge in [-0.25, -0.2) is 4.68 Å². The van der Waals surface area contributed by atoms with Crippen molar-refractivity contribution in [1.82, 2.24) is 14.7 Å². The van der Waals surface area contributed by atoms with Crippen molar-refractivity contribution in [3.63, 3.8) is 0 Å². The molecule has 0 amide bonds. The Morgan fingerprint density at radius 1 is 1.06 bits per heavy atom. The first-order chi connectivity index (χ1) is 14.9. The molecule has 0 aliphatic carbocycles. The number of rotatable bonds is 10. The number of ether oxygens (including phenoxy) is 1. The molecule has 0 spiro atoms. The third-order valence-electron chi connectivity index (χ3n) is 5.11. The minimum Gasteiger partial charge on any atom is -0.439 e. The van der Waals surface area contributed by atoms with E-state index >= 15 is 0 Å². The van der Waals surface area contributed by atoms with Crippen LogP contribution in [0.2, 0.25) is 5.02 Å². The van der Waals surface area contributed by atoms with Crippen LogP contribution in [0.4, 0.5) is 0 Å². The summed E-state index contributed by atoms with van der Waals surface area (Å²) >= 11 is 6.05. The standard InChI is InChI=1S/C25H32ClN3O2/c1-5-22(30)16-28(15-18(2)3)17-24-19(4)27-29(21-9-7-6-8-10-21)25(24)31-23-13-11-20(26)12-14-23/h6-14,18,22,30H,5,15-17H2,1-4H3. The number of aliphatic hydroxyl groups is 1. The minimum absolute atomic E-state index is 0.358. The van der Waals surface area contributed by atoms with Crippen molar-refractivity contribution >= 4 is 11.6 Å². The Kier molecular flexibility index (Phi) is 8.13. The fraction of sp³-hybridized carbons (Fsp3) is 0.400. The van der Waals surface area contributed by atoms with Crippen LogP contribution in [0.5, 0.6) is 11.6 Å². The summed E-state index contributed by atoms with van der Waals surface area (Å²) in [6, 6.07) is 17.3. The van der Waals surface area contributed by atoms with Crippen molar-refractivity contribution in [3.8, 4) is 17.3 Å². The van der Waals surface area contributed by atoms with Gasteiger partial charge in [0, 0.05) is 24.7 Å². The van der Waals surface area contributed by atoms with Gasteiger partial charge in [-0.3, -0.25) is 4.90 Å². The second-order valence-corrected chi connectivity index (χ2v) is 8.76. The van der Waals surface area contributed by atoms with E-state index in [0.29, 0.717) is 35.7 Å². The van der Waals surface area contributed by atoms with Crippen molar-refractivity contribution in [2.45, 2.75) is 46.8 Å². The molecule has 0 saturated heterocycles. The SMILES string of the molecule is CCC(O)CN(Cc1c(C)nn(-c2ccccc2)c1Oc1ccc(Cl)cc1)CC(C)C. The number of hydrogen-bond acceptors (Lipinski definition) is 4. The molecule has 0 saturated carbocycles. The van der Waals surface area contributed by atoms with E-state index in [9.17, 15) is 5.11 Å². The van der Waals surface area contributed by atoms with Gasteiger partial charge in [-0.05, 0) is 55.7 Å². The molecule has 0 fully saturated rings. The maximum Gasteiger partial charge on any atom is 0.227 e. The number of para-hydroxylation sites is 1. The summed E-state index contributed by atoms with van der Waals surface area (Å²) in [4.78, 5) is 2.28. The lowest BCUT2D eigenvalue weighted by molar-refractivity contribution is 0.0980. The van der Waals surface area contributed by atoms with Crippen LogP contribution in [0.15, 0.2) is 54.6 Å². The van der Waals surface area contributed by atoms with Crippen LogP contribution < -0.4 is 4.74 Å². The lowest BCUT2D eigenvalue weighted by atomic mass is 10.1. The second-order valence-electron chi connectivity index (χ2n) is 8.32. The average molecular weight is 442 g/mol. The normalized spacial score (nSPS) is 12.5. The molecule has 1 heterocycles. The molecule has 1 atom stereocenters. The topological polar surface area (TPSA) is 50.5 Å². The van der Waals surface area contributed by atoms with E-state index in [0.717, 1.165) is 29.9 Å². The van der Waals surface area contributed by atoms with E-state index < -0.39 is 0 Å². The first kappa shape index (κ1) is 23.3. The average Bonchev–Trinajstić information content (AvgIpc) is 3.05. The highest BCUT2D eigenvalue weighted by Crippen LogP contribution is 2.32. The molecule has 0 aliphatic rings. The molecular weight excluding hydrogens is 410 g/mol. The van der Waals surface area contributed by atoms with Crippen LogP contribution in [0, 0.1) is 12.8 Å². The Bertz CT molecular complexity index is 955. The Hall–Kier alpha value is -2.34. The molecule has 2 aromatic carbocycles. The third-order valence-corrected chi connectivity index (χ3v) is 5.36. The third kappa shape index (κ3) is 6.33. The quantitative estimate of drug-likeness (QED) is 0.428. The van der Waals surface area contributed by atoms with Crippen molar-refractivity contribution in [3.05, 3.63) is 70.9 Å². The molecule has 31 heavy (non-hydrogen) atoms. The highest BCUT2D eigenvalue weighted by molar-refractivity contribution is 6.30. The number of nitrogens with zero attached hydrogens (tertiary/aromatic N) is 3. The van der Waals surface area contributed by atoms with Gasteiger partial charge in [0.05, 0.1) is 23.0 Å². The van der Waals surface area contributed by atoms with Gasteiger partial charge in [0.1, 0.15) is 5.75 Å². The molecule has 6 heteroatoms. The number of halogens is 1. The predicted octanol–water partition coefficient (Wildman–Crippen LogP) is 5.86. The van der Waals surface area contributed by atoms with E-state index in [2.05, 4.69) is 18.7 Å². The zero-order chi connectivity index (χ0) is 22.4.